The molecule has 0 aliphatic heterocycles. The maximum Gasteiger partial charge on any atom is 0.173 e. The van der Waals surface area contributed by atoms with Crippen molar-refractivity contribution < 1.29 is 8.95 Å². The number of ether oxygens (including phenoxy) is 1. The quantitative estimate of drug-likeness (QED) is 0.744. The lowest BCUT2D eigenvalue weighted by Crippen LogP contribution is -2.15. The zero-order chi connectivity index (χ0) is 11.1. The van der Waals surface area contributed by atoms with Gasteiger partial charge in [-0.15, -0.1) is 11.3 Å². The van der Waals surface area contributed by atoms with Gasteiger partial charge in [-0.2, -0.15) is 0 Å². The number of nitrogens with one attached hydrogen (secondary N) is 1. The van der Waals surface area contributed by atoms with Crippen molar-refractivity contribution in [2.75, 3.05) is 25.7 Å². The lowest BCUT2D eigenvalue weighted by atomic mass is 10.4. The van der Waals surface area contributed by atoms with E-state index in [1.807, 2.05) is 6.07 Å². The van der Waals surface area contributed by atoms with Gasteiger partial charge in [0.05, 0.1) is 7.11 Å². The Morgan fingerprint density at radius 2 is 2.33 bits per heavy atom. The third-order valence-electron chi connectivity index (χ3n) is 1.92. The average molecular weight is 247 g/mol. The van der Waals surface area contributed by atoms with Gasteiger partial charge in [-0.1, -0.05) is 0 Å². The van der Waals surface area contributed by atoms with Gasteiger partial charge in [-0.25, -0.2) is 0 Å². The molecule has 0 fully saturated rings. The molecule has 0 amide bonds. The predicted molar refractivity (Wildman–Crippen MR) is 66.1 cm³/mol. The zero-order valence-corrected chi connectivity index (χ0v) is 10.7. The molecule has 1 aromatic heterocycles. The van der Waals surface area contributed by atoms with Crippen molar-refractivity contribution in [1.82, 2.24) is 5.32 Å². The highest BCUT2D eigenvalue weighted by atomic mass is 32.2. The van der Waals surface area contributed by atoms with E-state index in [1.54, 1.807) is 24.7 Å². The topological polar surface area (TPSA) is 38.3 Å². The van der Waals surface area contributed by atoms with Crippen molar-refractivity contribution >= 4 is 22.1 Å². The summed E-state index contributed by atoms with van der Waals surface area (Å²) >= 11 is 1.65. The zero-order valence-electron chi connectivity index (χ0n) is 9.12. The highest BCUT2D eigenvalue weighted by molar-refractivity contribution is 7.84. The van der Waals surface area contributed by atoms with Gasteiger partial charge in [0.15, 0.2) is 5.06 Å². The van der Waals surface area contributed by atoms with Crippen molar-refractivity contribution in [1.29, 1.82) is 0 Å². The molecule has 0 aromatic carbocycles. The first-order valence-electron chi connectivity index (χ1n) is 4.86. The summed E-state index contributed by atoms with van der Waals surface area (Å²) in [7, 11) is 1.01. The summed E-state index contributed by atoms with van der Waals surface area (Å²) in [6.07, 6.45) is 2.70. The Hall–Kier alpha value is -0.390. The molecule has 0 bridgehead atoms. The van der Waals surface area contributed by atoms with Gasteiger partial charge >= 0.3 is 0 Å². The molecule has 1 heterocycles. The fourth-order valence-corrected chi connectivity index (χ4v) is 2.51. The minimum atomic E-state index is -0.668. The van der Waals surface area contributed by atoms with Gasteiger partial charge < -0.3 is 10.1 Å². The lowest BCUT2D eigenvalue weighted by molar-refractivity contribution is 0.427. The van der Waals surface area contributed by atoms with Crippen LogP contribution in [0.25, 0.3) is 0 Å². The van der Waals surface area contributed by atoms with Crippen molar-refractivity contribution in [2.45, 2.75) is 13.0 Å². The fraction of sp³-hybridized carbons (Fsp3) is 0.600. The molecule has 15 heavy (non-hydrogen) atoms. The number of rotatable bonds is 7. The molecule has 1 aromatic rings. The fourth-order valence-electron chi connectivity index (χ4n) is 1.17. The summed E-state index contributed by atoms with van der Waals surface area (Å²) in [5.41, 5.74) is 0. The molecule has 3 nitrogen and oxygen atoms in total. The Morgan fingerprint density at radius 1 is 1.53 bits per heavy atom. The predicted octanol–water partition coefficient (Wildman–Crippen LogP) is 1.61. The maximum atomic E-state index is 10.8. The van der Waals surface area contributed by atoms with E-state index in [0.29, 0.717) is 0 Å². The first kappa shape index (κ1) is 12.7. The highest BCUT2D eigenvalue weighted by Crippen LogP contribution is 2.23. The molecule has 0 aliphatic rings. The Bertz CT molecular complexity index is 312. The second-order valence-electron chi connectivity index (χ2n) is 3.23. The molecular formula is C10H17NO2S2. The summed E-state index contributed by atoms with van der Waals surface area (Å²) in [6, 6.07) is 4.04. The standard InChI is InChI=1S/C10H17NO2S2/c1-13-10-5-4-9(14-10)8-11-6-3-7-15(2)12/h4-5,11H,3,6-8H2,1-2H3. The third kappa shape index (κ3) is 5.30. The summed E-state index contributed by atoms with van der Waals surface area (Å²) < 4.78 is 15.9. The van der Waals surface area contributed by atoms with Crippen LogP contribution >= 0.6 is 11.3 Å². The van der Waals surface area contributed by atoms with Crippen LogP contribution in [0.15, 0.2) is 12.1 Å². The van der Waals surface area contributed by atoms with E-state index in [0.717, 1.165) is 30.3 Å². The lowest BCUT2D eigenvalue weighted by Gasteiger charge is -2.01. The minimum Gasteiger partial charge on any atom is -0.487 e. The molecule has 1 atom stereocenters. The van der Waals surface area contributed by atoms with Crippen molar-refractivity contribution in [3.63, 3.8) is 0 Å². The van der Waals surface area contributed by atoms with Crippen LogP contribution in [0.2, 0.25) is 0 Å². The van der Waals surface area contributed by atoms with Crippen LogP contribution < -0.4 is 10.1 Å². The van der Waals surface area contributed by atoms with Crippen LogP contribution in [0, 0.1) is 0 Å². The van der Waals surface area contributed by atoms with Crippen LogP contribution in [0.4, 0.5) is 0 Å². The molecule has 0 saturated carbocycles. The van der Waals surface area contributed by atoms with Crippen molar-refractivity contribution in [3.8, 4) is 5.06 Å². The molecule has 0 radical (unpaired) electrons. The Labute approximate surface area is 97.3 Å². The largest absolute Gasteiger partial charge is 0.487 e. The SMILES string of the molecule is COc1ccc(CNCCCS(C)=O)s1. The van der Waals surface area contributed by atoms with Gasteiger partial charge in [0.1, 0.15) is 0 Å². The van der Waals surface area contributed by atoms with E-state index in [9.17, 15) is 4.21 Å². The third-order valence-corrected chi connectivity index (χ3v) is 3.83. The van der Waals surface area contributed by atoms with Crippen molar-refractivity contribution in [3.05, 3.63) is 17.0 Å². The molecule has 0 aliphatic carbocycles. The normalized spacial score (nSPS) is 12.7. The number of hydrogen-bond donors (Lipinski definition) is 1. The molecule has 86 valence electrons. The summed E-state index contributed by atoms with van der Waals surface area (Å²) in [5.74, 6) is 0.779. The van der Waals surface area contributed by atoms with Crippen molar-refractivity contribution in [2.24, 2.45) is 0 Å². The highest BCUT2D eigenvalue weighted by Gasteiger charge is 1.99. The monoisotopic (exact) mass is 247 g/mol. The average Bonchev–Trinajstić information content (AvgIpc) is 2.65. The first-order chi connectivity index (χ1) is 7.22. The van der Waals surface area contributed by atoms with E-state index in [4.69, 9.17) is 4.74 Å². The van der Waals surface area contributed by atoms with Crippen LogP contribution in [0.5, 0.6) is 5.06 Å². The molecule has 1 rings (SSSR count). The Morgan fingerprint density at radius 3 is 2.93 bits per heavy atom. The van der Waals surface area contributed by atoms with Crippen LogP contribution in [-0.2, 0) is 17.3 Å². The maximum absolute atomic E-state index is 10.8. The first-order valence-corrected chi connectivity index (χ1v) is 7.40. The number of thiophene rings is 1. The van der Waals surface area contributed by atoms with Gasteiger partial charge in [0, 0.05) is 34.2 Å². The molecule has 1 N–H and O–H groups in total. The Balaban J connectivity index is 2.12. The van der Waals surface area contributed by atoms with Crippen LogP contribution in [0.3, 0.4) is 0 Å². The molecule has 5 heteroatoms. The van der Waals surface area contributed by atoms with Gasteiger partial charge in [-0.05, 0) is 25.1 Å². The smallest absolute Gasteiger partial charge is 0.173 e. The summed E-state index contributed by atoms with van der Waals surface area (Å²) in [6.45, 7) is 1.78. The van der Waals surface area contributed by atoms with Crippen LogP contribution in [-0.4, -0.2) is 29.9 Å². The summed E-state index contributed by atoms with van der Waals surface area (Å²) in [4.78, 5) is 1.27. The molecule has 0 saturated heterocycles. The molecular weight excluding hydrogens is 230 g/mol. The number of hydrogen-bond acceptors (Lipinski definition) is 4. The molecule has 1 unspecified atom stereocenters. The summed E-state index contributed by atoms with van der Waals surface area (Å²) in [5, 5.41) is 4.26. The van der Waals surface area contributed by atoms with Gasteiger partial charge in [-0.3, -0.25) is 4.21 Å². The second kappa shape index (κ2) is 6.98. The van der Waals surface area contributed by atoms with E-state index >= 15 is 0 Å². The molecule has 0 spiro atoms. The van der Waals surface area contributed by atoms with E-state index in [1.165, 1.54) is 4.88 Å². The van der Waals surface area contributed by atoms with E-state index in [2.05, 4.69) is 11.4 Å². The number of methoxy groups -OCH3 is 1. The minimum absolute atomic E-state index is 0.668. The van der Waals surface area contributed by atoms with Gasteiger partial charge in [0.2, 0.25) is 0 Å². The Kier molecular flexibility index (Phi) is 5.90. The van der Waals surface area contributed by atoms with E-state index in [-0.39, 0.29) is 0 Å². The van der Waals surface area contributed by atoms with E-state index < -0.39 is 10.8 Å². The second-order valence-corrected chi connectivity index (χ2v) is 5.92. The van der Waals surface area contributed by atoms with Gasteiger partial charge in [0.25, 0.3) is 0 Å². The van der Waals surface area contributed by atoms with Crippen LogP contribution in [0.1, 0.15) is 11.3 Å².